The van der Waals surface area contributed by atoms with Crippen LogP contribution in [0.3, 0.4) is 0 Å². The molecule has 1 amide bonds. The first kappa shape index (κ1) is 18.0. The van der Waals surface area contributed by atoms with Crippen molar-refractivity contribution in [3.05, 3.63) is 59.2 Å². The van der Waals surface area contributed by atoms with Crippen molar-refractivity contribution < 1.29 is 14.3 Å². The van der Waals surface area contributed by atoms with Gasteiger partial charge in [-0.1, -0.05) is 25.1 Å². The number of hydrogen-bond acceptors (Lipinski definition) is 3. The Morgan fingerprint density at radius 1 is 1.04 bits per heavy atom. The van der Waals surface area contributed by atoms with Gasteiger partial charge < -0.3 is 14.8 Å². The van der Waals surface area contributed by atoms with Crippen molar-refractivity contribution in [2.75, 3.05) is 25.1 Å². The normalized spacial score (nSPS) is 10.5. The van der Waals surface area contributed by atoms with Crippen molar-refractivity contribution >= 4 is 11.6 Å². The summed E-state index contributed by atoms with van der Waals surface area (Å²) in [6.45, 7) is 7.78. The third-order valence-corrected chi connectivity index (χ3v) is 3.80. The number of carbonyl (C=O) groups excluding carboxylic acids is 1. The second-order valence-electron chi connectivity index (χ2n) is 5.49. The molecule has 128 valence electrons. The maximum atomic E-state index is 12.5. The third kappa shape index (κ3) is 4.83. The molecule has 2 rings (SSSR count). The summed E-state index contributed by atoms with van der Waals surface area (Å²) in [6, 6.07) is 13.2. The van der Waals surface area contributed by atoms with Gasteiger partial charge in [0, 0.05) is 17.9 Å². The molecule has 0 fully saturated rings. The lowest BCUT2D eigenvalue weighted by molar-refractivity contribution is 0.102. The van der Waals surface area contributed by atoms with Gasteiger partial charge in [0.15, 0.2) is 0 Å². The van der Waals surface area contributed by atoms with Gasteiger partial charge in [-0.3, -0.25) is 4.79 Å². The molecule has 4 heteroatoms. The smallest absolute Gasteiger partial charge is 0.255 e. The van der Waals surface area contributed by atoms with E-state index in [0.717, 1.165) is 29.0 Å². The molecule has 0 aromatic heterocycles. The maximum Gasteiger partial charge on any atom is 0.255 e. The molecule has 2 aromatic carbocycles. The van der Waals surface area contributed by atoms with E-state index in [4.69, 9.17) is 9.47 Å². The lowest BCUT2D eigenvalue weighted by Gasteiger charge is -2.13. The Bertz CT molecular complexity index is 665. The highest BCUT2D eigenvalue weighted by Gasteiger charge is 2.10. The van der Waals surface area contributed by atoms with Gasteiger partial charge in [-0.15, -0.1) is 0 Å². The molecule has 0 unspecified atom stereocenters. The van der Waals surface area contributed by atoms with Crippen molar-refractivity contribution in [1.29, 1.82) is 0 Å². The molecule has 0 radical (unpaired) electrons. The summed E-state index contributed by atoms with van der Waals surface area (Å²) in [5.41, 5.74) is 3.72. The van der Waals surface area contributed by atoms with Crippen LogP contribution in [0.2, 0.25) is 0 Å². The van der Waals surface area contributed by atoms with E-state index >= 15 is 0 Å². The predicted molar refractivity (Wildman–Crippen MR) is 96.9 cm³/mol. The highest BCUT2D eigenvalue weighted by Crippen LogP contribution is 2.22. The number of para-hydroxylation sites is 1. The maximum absolute atomic E-state index is 12.5. The molecule has 2 aromatic rings. The second-order valence-corrected chi connectivity index (χ2v) is 5.49. The molecular formula is C20H25NO3. The van der Waals surface area contributed by atoms with Gasteiger partial charge in [0.1, 0.15) is 12.4 Å². The average Bonchev–Trinajstić information content (AvgIpc) is 2.61. The van der Waals surface area contributed by atoms with Gasteiger partial charge in [-0.25, -0.2) is 0 Å². The first-order chi connectivity index (χ1) is 11.7. The lowest BCUT2D eigenvalue weighted by Crippen LogP contribution is -2.14. The number of benzene rings is 2. The fraction of sp³-hybridized carbons (Fsp3) is 0.350. The molecular weight excluding hydrogens is 302 g/mol. The van der Waals surface area contributed by atoms with Gasteiger partial charge in [0.05, 0.1) is 6.61 Å². The molecule has 0 bridgehead atoms. The summed E-state index contributed by atoms with van der Waals surface area (Å²) in [7, 11) is 0. The van der Waals surface area contributed by atoms with E-state index < -0.39 is 0 Å². The molecule has 0 atom stereocenters. The Morgan fingerprint density at radius 2 is 1.79 bits per heavy atom. The summed E-state index contributed by atoms with van der Waals surface area (Å²) < 4.78 is 10.8. The molecule has 0 spiro atoms. The number of ether oxygens (including phenoxy) is 2. The molecule has 0 aliphatic rings. The number of hydrogen-bond donors (Lipinski definition) is 1. The second kappa shape index (κ2) is 9.08. The van der Waals surface area contributed by atoms with Gasteiger partial charge in [-0.05, 0) is 55.7 Å². The van der Waals surface area contributed by atoms with E-state index in [1.54, 1.807) is 24.3 Å². The van der Waals surface area contributed by atoms with E-state index in [1.165, 1.54) is 0 Å². The average molecular weight is 327 g/mol. The van der Waals surface area contributed by atoms with Crippen LogP contribution in [-0.2, 0) is 11.2 Å². The zero-order valence-corrected chi connectivity index (χ0v) is 14.6. The van der Waals surface area contributed by atoms with E-state index in [0.29, 0.717) is 25.4 Å². The highest BCUT2D eigenvalue weighted by atomic mass is 16.5. The number of amides is 1. The summed E-state index contributed by atoms with van der Waals surface area (Å²) in [4.78, 5) is 12.5. The SMILES string of the molecule is CCOCCOc1ccc(C(=O)Nc2c(C)cccc2CC)cc1. The van der Waals surface area contributed by atoms with Crippen molar-refractivity contribution in [3.63, 3.8) is 0 Å². The number of rotatable bonds is 8. The van der Waals surface area contributed by atoms with Crippen LogP contribution >= 0.6 is 0 Å². The first-order valence-electron chi connectivity index (χ1n) is 8.36. The Kier molecular flexibility index (Phi) is 6.82. The summed E-state index contributed by atoms with van der Waals surface area (Å²) >= 11 is 0. The minimum atomic E-state index is -0.111. The van der Waals surface area contributed by atoms with Crippen LogP contribution in [0.4, 0.5) is 5.69 Å². The highest BCUT2D eigenvalue weighted by molar-refractivity contribution is 6.05. The molecule has 0 aliphatic carbocycles. The van der Waals surface area contributed by atoms with Crippen LogP contribution < -0.4 is 10.1 Å². The summed E-state index contributed by atoms with van der Waals surface area (Å²) in [5, 5.41) is 3.03. The van der Waals surface area contributed by atoms with Gasteiger partial charge in [-0.2, -0.15) is 0 Å². The minimum absolute atomic E-state index is 0.111. The van der Waals surface area contributed by atoms with Crippen molar-refractivity contribution in [2.45, 2.75) is 27.2 Å². The number of carbonyl (C=O) groups is 1. The number of nitrogens with one attached hydrogen (secondary N) is 1. The molecule has 0 aliphatic heterocycles. The first-order valence-corrected chi connectivity index (χ1v) is 8.36. The molecule has 4 nitrogen and oxygen atoms in total. The standard InChI is InChI=1S/C20H25NO3/c1-4-16-8-6-7-15(3)19(16)21-20(22)17-9-11-18(12-10-17)24-14-13-23-5-2/h6-12H,4-5,13-14H2,1-3H3,(H,21,22). The topological polar surface area (TPSA) is 47.6 Å². The van der Waals surface area contributed by atoms with E-state index in [9.17, 15) is 4.79 Å². The van der Waals surface area contributed by atoms with Crippen molar-refractivity contribution in [2.24, 2.45) is 0 Å². The quantitative estimate of drug-likeness (QED) is 0.738. The van der Waals surface area contributed by atoms with Gasteiger partial charge in [0.2, 0.25) is 0 Å². The Morgan fingerprint density at radius 3 is 2.46 bits per heavy atom. The lowest BCUT2D eigenvalue weighted by atomic mass is 10.1. The zero-order chi connectivity index (χ0) is 17.4. The van der Waals surface area contributed by atoms with E-state index in [2.05, 4.69) is 12.2 Å². The monoisotopic (exact) mass is 327 g/mol. The van der Waals surface area contributed by atoms with Crippen LogP contribution in [0.5, 0.6) is 5.75 Å². The predicted octanol–water partition coefficient (Wildman–Crippen LogP) is 4.23. The van der Waals surface area contributed by atoms with Gasteiger partial charge in [0.25, 0.3) is 5.91 Å². The number of aryl methyl sites for hydroxylation is 2. The van der Waals surface area contributed by atoms with Crippen LogP contribution in [0.25, 0.3) is 0 Å². The minimum Gasteiger partial charge on any atom is -0.491 e. The largest absolute Gasteiger partial charge is 0.491 e. The van der Waals surface area contributed by atoms with E-state index in [-0.39, 0.29) is 5.91 Å². The van der Waals surface area contributed by atoms with Crippen LogP contribution in [-0.4, -0.2) is 25.7 Å². The molecule has 24 heavy (non-hydrogen) atoms. The molecule has 1 N–H and O–H groups in total. The summed E-state index contributed by atoms with van der Waals surface area (Å²) in [5.74, 6) is 0.622. The fourth-order valence-electron chi connectivity index (χ4n) is 2.45. The Balaban J connectivity index is 2.00. The van der Waals surface area contributed by atoms with Crippen LogP contribution in [0.15, 0.2) is 42.5 Å². The number of anilines is 1. The third-order valence-electron chi connectivity index (χ3n) is 3.80. The summed E-state index contributed by atoms with van der Waals surface area (Å²) in [6.07, 6.45) is 0.879. The molecule has 0 saturated carbocycles. The molecule has 0 saturated heterocycles. The molecule has 0 heterocycles. The fourth-order valence-corrected chi connectivity index (χ4v) is 2.45. The zero-order valence-electron chi connectivity index (χ0n) is 14.6. The van der Waals surface area contributed by atoms with Gasteiger partial charge >= 0.3 is 0 Å². The van der Waals surface area contributed by atoms with E-state index in [1.807, 2.05) is 32.0 Å². The Hall–Kier alpha value is -2.33. The van der Waals surface area contributed by atoms with Crippen LogP contribution in [0.1, 0.15) is 35.3 Å². The Labute approximate surface area is 143 Å². The van der Waals surface area contributed by atoms with Crippen molar-refractivity contribution in [1.82, 2.24) is 0 Å². The van der Waals surface area contributed by atoms with Crippen molar-refractivity contribution in [3.8, 4) is 5.75 Å². The van der Waals surface area contributed by atoms with Crippen LogP contribution in [0, 0.1) is 6.92 Å².